The van der Waals surface area contributed by atoms with Crippen LogP contribution < -0.4 is 4.74 Å². The summed E-state index contributed by atoms with van der Waals surface area (Å²) in [4.78, 5) is 3.92. The standard InChI is InChI=1S/C8H10ClNO2S/c9-7-3-6(5-13)4-8(10-7)12-2-1-11/h3-4,11,13H,1-2,5H2. The van der Waals surface area contributed by atoms with E-state index in [1.807, 2.05) is 0 Å². The largest absolute Gasteiger partial charge is 0.475 e. The van der Waals surface area contributed by atoms with Gasteiger partial charge in [-0.25, -0.2) is 4.98 Å². The van der Waals surface area contributed by atoms with Crippen LogP contribution in [0.25, 0.3) is 0 Å². The summed E-state index contributed by atoms with van der Waals surface area (Å²) in [5.41, 5.74) is 0.941. The average Bonchev–Trinajstić information content (AvgIpc) is 2.14. The van der Waals surface area contributed by atoms with Gasteiger partial charge in [-0.1, -0.05) is 11.6 Å². The van der Waals surface area contributed by atoms with E-state index in [9.17, 15) is 0 Å². The van der Waals surface area contributed by atoms with Crippen LogP contribution in [0.4, 0.5) is 0 Å². The molecule has 0 aromatic carbocycles. The number of aliphatic hydroxyl groups excluding tert-OH is 1. The molecule has 1 heterocycles. The van der Waals surface area contributed by atoms with Gasteiger partial charge in [0, 0.05) is 11.8 Å². The molecule has 0 aliphatic rings. The summed E-state index contributed by atoms with van der Waals surface area (Å²) in [6, 6.07) is 3.47. The van der Waals surface area contributed by atoms with Crippen molar-refractivity contribution in [1.82, 2.24) is 4.98 Å². The third-order valence-electron chi connectivity index (χ3n) is 1.35. The SMILES string of the molecule is OCCOc1cc(CS)cc(Cl)n1. The first kappa shape index (κ1) is 10.6. The first-order chi connectivity index (χ1) is 6.26. The monoisotopic (exact) mass is 219 g/mol. The number of ether oxygens (including phenoxy) is 1. The highest BCUT2D eigenvalue weighted by molar-refractivity contribution is 7.79. The van der Waals surface area contributed by atoms with E-state index < -0.39 is 0 Å². The van der Waals surface area contributed by atoms with E-state index in [0.717, 1.165) is 5.56 Å². The molecule has 1 N–H and O–H groups in total. The Labute approximate surface area is 87.1 Å². The van der Waals surface area contributed by atoms with Gasteiger partial charge in [0.1, 0.15) is 11.8 Å². The molecule has 1 aromatic heterocycles. The summed E-state index contributed by atoms with van der Waals surface area (Å²) in [6.07, 6.45) is 0. The van der Waals surface area contributed by atoms with E-state index in [1.54, 1.807) is 12.1 Å². The smallest absolute Gasteiger partial charge is 0.215 e. The van der Waals surface area contributed by atoms with Crippen LogP contribution in [0.15, 0.2) is 12.1 Å². The number of aromatic nitrogens is 1. The first-order valence-electron chi connectivity index (χ1n) is 3.77. The topological polar surface area (TPSA) is 42.4 Å². The van der Waals surface area contributed by atoms with Crippen molar-refractivity contribution in [3.05, 3.63) is 22.8 Å². The second kappa shape index (κ2) is 5.32. The fourth-order valence-electron chi connectivity index (χ4n) is 0.839. The Morgan fingerprint density at radius 1 is 1.54 bits per heavy atom. The molecule has 0 aliphatic heterocycles. The highest BCUT2D eigenvalue weighted by atomic mass is 35.5. The molecule has 3 nitrogen and oxygen atoms in total. The molecule has 0 radical (unpaired) electrons. The zero-order valence-corrected chi connectivity index (χ0v) is 8.55. The number of nitrogens with zero attached hydrogens (tertiary/aromatic N) is 1. The molecular formula is C8H10ClNO2S. The van der Waals surface area contributed by atoms with Crippen molar-refractivity contribution in [2.24, 2.45) is 0 Å². The lowest BCUT2D eigenvalue weighted by Crippen LogP contribution is -2.03. The van der Waals surface area contributed by atoms with Crippen LogP contribution in [0, 0.1) is 0 Å². The zero-order valence-electron chi connectivity index (χ0n) is 6.90. The summed E-state index contributed by atoms with van der Waals surface area (Å²) < 4.78 is 5.10. The molecule has 0 atom stereocenters. The van der Waals surface area contributed by atoms with Crippen LogP contribution in [0.5, 0.6) is 5.88 Å². The number of rotatable bonds is 4. The van der Waals surface area contributed by atoms with Gasteiger partial charge in [0.2, 0.25) is 5.88 Å². The second-order valence-corrected chi connectivity index (χ2v) is 3.07. The van der Waals surface area contributed by atoms with Crippen LogP contribution in [0.1, 0.15) is 5.56 Å². The van der Waals surface area contributed by atoms with Crippen LogP contribution in [0.2, 0.25) is 5.15 Å². The molecule has 1 rings (SSSR count). The van der Waals surface area contributed by atoms with Crippen molar-refractivity contribution in [2.45, 2.75) is 5.75 Å². The van der Waals surface area contributed by atoms with Gasteiger partial charge in [0.25, 0.3) is 0 Å². The Hall–Kier alpha value is -0.450. The molecule has 0 fully saturated rings. The Bertz CT molecular complexity index is 283. The first-order valence-corrected chi connectivity index (χ1v) is 4.78. The normalized spacial score (nSPS) is 10.1. The maximum atomic E-state index is 8.52. The number of aliphatic hydroxyl groups is 1. The predicted octanol–water partition coefficient (Wildman–Crippen LogP) is 1.54. The van der Waals surface area contributed by atoms with E-state index in [-0.39, 0.29) is 13.2 Å². The molecule has 0 saturated carbocycles. The third-order valence-corrected chi connectivity index (χ3v) is 1.91. The Morgan fingerprint density at radius 2 is 2.31 bits per heavy atom. The quantitative estimate of drug-likeness (QED) is 0.596. The van der Waals surface area contributed by atoms with Crippen LogP contribution in [0.3, 0.4) is 0 Å². The van der Waals surface area contributed by atoms with Gasteiger partial charge in [-0.05, 0) is 11.6 Å². The van der Waals surface area contributed by atoms with E-state index in [1.165, 1.54) is 0 Å². The molecule has 13 heavy (non-hydrogen) atoms. The van der Waals surface area contributed by atoms with Gasteiger partial charge in [0.05, 0.1) is 6.61 Å². The molecule has 0 aliphatic carbocycles. The summed E-state index contributed by atoms with van der Waals surface area (Å²) in [5, 5.41) is 8.90. The van der Waals surface area contributed by atoms with Gasteiger partial charge in [-0.2, -0.15) is 12.6 Å². The summed E-state index contributed by atoms with van der Waals surface area (Å²) in [6.45, 7) is 0.184. The van der Waals surface area contributed by atoms with Gasteiger partial charge >= 0.3 is 0 Å². The summed E-state index contributed by atoms with van der Waals surface area (Å²) in [7, 11) is 0. The highest BCUT2D eigenvalue weighted by Crippen LogP contribution is 2.17. The van der Waals surface area contributed by atoms with Crippen molar-refractivity contribution in [3.8, 4) is 5.88 Å². The lowest BCUT2D eigenvalue weighted by atomic mass is 10.3. The van der Waals surface area contributed by atoms with Crippen molar-refractivity contribution in [1.29, 1.82) is 0 Å². The Kier molecular flexibility index (Phi) is 4.35. The van der Waals surface area contributed by atoms with E-state index in [0.29, 0.717) is 16.8 Å². The summed E-state index contributed by atoms with van der Waals surface area (Å²) >= 11 is 9.82. The number of halogens is 1. The van der Waals surface area contributed by atoms with Gasteiger partial charge in [-0.3, -0.25) is 0 Å². The van der Waals surface area contributed by atoms with Gasteiger partial charge in [0.15, 0.2) is 0 Å². The van der Waals surface area contributed by atoms with Crippen molar-refractivity contribution < 1.29 is 9.84 Å². The van der Waals surface area contributed by atoms with Gasteiger partial charge in [-0.15, -0.1) is 0 Å². The average molecular weight is 220 g/mol. The lowest BCUT2D eigenvalue weighted by Gasteiger charge is -2.04. The Morgan fingerprint density at radius 3 is 2.92 bits per heavy atom. The minimum absolute atomic E-state index is 0.0373. The minimum Gasteiger partial charge on any atom is -0.475 e. The Balaban J connectivity index is 2.76. The second-order valence-electron chi connectivity index (χ2n) is 2.37. The molecule has 0 bridgehead atoms. The maximum Gasteiger partial charge on any atom is 0.215 e. The van der Waals surface area contributed by atoms with E-state index >= 15 is 0 Å². The van der Waals surface area contributed by atoms with Crippen LogP contribution in [-0.2, 0) is 5.75 Å². The number of pyridine rings is 1. The van der Waals surface area contributed by atoms with Crippen LogP contribution in [-0.4, -0.2) is 23.3 Å². The number of hydrogen-bond donors (Lipinski definition) is 2. The van der Waals surface area contributed by atoms with Crippen molar-refractivity contribution in [3.63, 3.8) is 0 Å². The molecular weight excluding hydrogens is 210 g/mol. The fraction of sp³-hybridized carbons (Fsp3) is 0.375. The van der Waals surface area contributed by atoms with Gasteiger partial charge < -0.3 is 9.84 Å². The molecule has 5 heteroatoms. The van der Waals surface area contributed by atoms with Crippen molar-refractivity contribution in [2.75, 3.05) is 13.2 Å². The fourth-order valence-corrected chi connectivity index (χ4v) is 1.24. The molecule has 0 saturated heterocycles. The maximum absolute atomic E-state index is 8.52. The molecule has 1 aromatic rings. The molecule has 0 unspecified atom stereocenters. The minimum atomic E-state index is -0.0373. The molecule has 0 amide bonds. The molecule has 72 valence electrons. The number of hydrogen-bond acceptors (Lipinski definition) is 4. The highest BCUT2D eigenvalue weighted by Gasteiger charge is 2.00. The van der Waals surface area contributed by atoms with E-state index in [2.05, 4.69) is 17.6 Å². The molecule has 0 spiro atoms. The van der Waals surface area contributed by atoms with Crippen LogP contribution >= 0.6 is 24.2 Å². The number of thiol groups is 1. The lowest BCUT2D eigenvalue weighted by molar-refractivity contribution is 0.196. The van der Waals surface area contributed by atoms with Crippen molar-refractivity contribution >= 4 is 24.2 Å². The predicted molar refractivity (Wildman–Crippen MR) is 54.5 cm³/mol. The van der Waals surface area contributed by atoms with E-state index in [4.69, 9.17) is 21.4 Å². The zero-order chi connectivity index (χ0) is 9.68. The summed E-state index contributed by atoms with van der Waals surface area (Å²) in [5.74, 6) is 1.00. The third kappa shape index (κ3) is 3.42.